The summed E-state index contributed by atoms with van der Waals surface area (Å²) in [6, 6.07) is 1.63. The van der Waals surface area contributed by atoms with Crippen LogP contribution in [0.2, 0.25) is 15.1 Å². The maximum absolute atomic E-state index is 5.83. The molecule has 0 heterocycles. The summed E-state index contributed by atoms with van der Waals surface area (Å²) in [6.45, 7) is 0. The first-order valence-corrected chi connectivity index (χ1v) is 4.87. The van der Waals surface area contributed by atoms with Gasteiger partial charge in [0.25, 0.3) is 0 Å². The van der Waals surface area contributed by atoms with Crippen LogP contribution in [-0.4, -0.2) is 7.11 Å². The lowest BCUT2D eigenvalue weighted by molar-refractivity contribution is 0.415. The van der Waals surface area contributed by atoms with Gasteiger partial charge in [0.05, 0.1) is 17.2 Å². The zero-order valence-corrected chi connectivity index (χ0v) is 9.85. The average molecular weight is 290 g/mol. The van der Waals surface area contributed by atoms with Gasteiger partial charge in [-0.2, -0.15) is 0 Å². The van der Waals surface area contributed by atoms with Gasteiger partial charge in [-0.1, -0.05) is 34.8 Å². The average Bonchev–Trinajstić information content (AvgIpc) is 2.01. The zero-order valence-electron chi connectivity index (χ0n) is 6.00. The molecule has 0 aliphatic carbocycles. The molecule has 0 bridgehead atoms. The molecule has 1 nitrogen and oxygen atoms in total. The summed E-state index contributed by atoms with van der Waals surface area (Å²) in [5, 5.41) is 1.15. The lowest BCUT2D eigenvalue weighted by atomic mass is 10.3. The molecule has 1 rings (SSSR count). The number of hydrogen-bond donors (Lipinski definition) is 0. The Morgan fingerprint density at radius 1 is 1.25 bits per heavy atom. The number of halogens is 4. The molecular formula is C7H4BrCl3O. The van der Waals surface area contributed by atoms with Crippen LogP contribution in [0.15, 0.2) is 10.5 Å². The van der Waals surface area contributed by atoms with E-state index >= 15 is 0 Å². The van der Waals surface area contributed by atoms with Gasteiger partial charge in [0.15, 0.2) is 5.75 Å². The monoisotopic (exact) mass is 288 g/mol. The van der Waals surface area contributed by atoms with Crippen molar-refractivity contribution in [3.05, 3.63) is 25.6 Å². The molecule has 0 unspecified atom stereocenters. The van der Waals surface area contributed by atoms with Crippen LogP contribution >= 0.6 is 50.7 Å². The van der Waals surface area contributed by atoms with Crippen LogP contribution in [-0.2, 0) is 0 Å². The number of benzene rings is 1. The molecule has 0 aliphatic heterocycles. The minimum atomic E-state index is 0.318. The molecule has 0 aliphatic rings. The highest BCUT2D eigenvalue weighted by atomic mass is 79.9. The minimum absolute atomic E-state index is 0.318. The highest BCUT2D eigenvalue weighted by Crippen LogP contribution is 2.42. The molecule has 0 atom stereocenters. The predicted octanol–water partition coefficient (Wildman–Crippen LogP) is 4.42. The zero-order chi connectivity index (χ0) is 9.30. The molecule has 0 amide bonds. The Hall–Kier alpha value is 0.370. The number of ether oxygens (including phenoxy) is 1. The van der Waals surface area contributed by atoms with Crippen molar-refractivity contribution in [2.45, 2.75) is 0 Å². The van der Waals surface area contributed by atoms with Crippen LogP contribution in [0.5, 0.6) is 5.75 Å². The van der Waals surface area contributed by atoms with Gasteiger partial charge in [0.1, 0.15) is 5.02 Å². The third-order valence-corrected chi connectivity index (χ3v) is 3.26. The van der Waals surface area contributed by atoms with Gasteiger partial charge in [0.2, 0.25) is 0 Å². The highest BCUT2D eigenvalue weighted by molar-refractivity contribution is 9.10. The topological polar surface area (TPSA) is 9.23 Å². The van der Waals surface area contributed by atoms with Crippen LogP contribution in [0.4, 0.5) is 0 Å². The van der Waals surface area contributed by atoms with Crippen LogP contribution in [0, 0.1) is 0 Å². The molecule has 0 fully saturated rings. The Balaban J connectivity index is 3.40. The standard InChI is InChI=1S/C7H4BrCl3O/c1-12-7-4(9)2-3(8)5(10)6(7)11/h2H,1H3. The quantitative estimate of drug-likeness (QED) is 0.549. The van der Waals surface area contributed by atoms with E-state index < -0.39 is 0 Å². The van der Waals surface area contributed by atoms with Crippen molar-refractivity contribution in [2.24, 2.45) is 0 Å². The summed E-state index contributed by atoms with van der Waals surface area (Å²) >= 11 is 20.7. The molecule has 0 radical (unpaired) electrons. The van der Waals surface area contributed by atoms with E-state index in [1.54, 1.807) is 6.07 Å². The van der Waals surface area contributed by atoms with E-state index in [-0.39, 0.29) is 0 Å². The fraction of sp³-hybridized carbons (Fsp3) is 0.143. The maximum atomic E-state index is 5.83. The molecule has 0 saturated carbocycles. The van der Waals surface area contributed by atoms with Gasteiger partial charge < -0.3 is 4.74 Å². The fourth-order valence-electron chi connectivity index (χ4n) is 0.737. The SMILES string of the molecule is COc1c(Cl)cc(Br)c(Cl)c1Cl. The second-order valence-electron chi connectivity index (χ2n) is 2.00. The van der Waals surface area contributed by atoms with Crippen molar-refractivity contribution in [3.8, 4) is 5.75 Å². The summed E-state index contributed by atoms with van der Waals surface area (Å²) in [4.78, 5) is 0. The Morgan fingerprint density at radius 2 is 1.83 bits per heavy atom. The highest BCUT2D eigenvalue weighted by Gasteiger charge is 2.13. The van der Waals surface area contributed by atoms with Crippen LogP contribution in [0.1, 0.15) is 0 Å². The smallest absolute Gasteiger partial charge is 0.157 e. The molecular weight excluding hydrogens is 286 g/mol. The lowest BCUT2D eigenvalue weighted by Gasteiger charge is -2.07. The van der Waals surface area contributed by atoms with Gasteiger partial charge in [-0.3, -0.25) is 0 Å². The number of hydrogen-bond acceptors (Lipinski definition) is 1. The van der Waals surface area contributed by atoms with E-state index in [2.05, 4.69) is 15.9 Å². The summed E-state index contributed by atoms with van der Waals surface area (Å²) < 4.78 is 5.60. The molecule has 0 spiro atoms. The molecule has 5 heteroatoms. The largest absolute Gasteiger partial charge is 0.494 e. The van der Waals surface area contributed by atoms with Gasteiger partial charge in [-0.15, -0.1) is 0 Å². The van der Waals surface area contributed by atoms with Gasteiger partial charge in [-0.25, -0.2) is 0 Å². The van der Waals surface area contributed by atoms with Crippen molar-refractivity contribution < 1.29 is 4.74 Å². The molecule has 12 heavy (non-hydrogen) atoms. The van der Waals surface area contributed by atoms with E-state index in [0.717, 1.165) is 0 Å². The second kappa shape index (κ2) is 4.05. The van der Waals surface area contributed by atoms with Crippen LogP contribution in [0.3, 0.4) is 0 Å². The molecule has 0 aromatic heterocycles. The maximum Gasteiger partial charge on any atom is 0.157 e. The molecule has 1 aromatic carbocycles. The first-order chi connectivity index (χ1) is 5.57. The Kier molecular flexibility index (Phi) is 3.53. The van der Waals surface area contributed by atoms with Crippen molar-refractivity contribution >= 4 is 50.7 Å². The fourth-order valence-corrected chi connectivity index (χ4v) is 2.16. The minimum Gasteiger partial charge on any atom is -0.494 e. The summed E-state index contributed by atoms with van der Waals surface area (Å²) in [5.41, 5.74) is 0. The Bertz CT molecular complexity index is 314. The number of rotatable bonds is 1. The van der Waals surface area contributed by atoms with Crippen molar-refractivity contribution in [2.75, 3.05) is 7.11 Å². The molecule has 1 aromatic rings. The second-order valence-corrected chi connectivity index (χ2v) is 4.02. The van der Waals surface area contributed by atoms with Crippen molar-refractivity contribution in [1.29, 1.82) is 0 Å². The molecule has 0 saturated heterocycles. The van der Waals surface area contributed by atoms with Crippen LogP contribution < -0.4 is 4.74 Å². The number of methoxy groups -OCH3 is 1. The van der Waals surface area contributed by atoms with Gasteiger partial charge >= 0.3 is 0 Å². The predicted molar refractivity (Wildman–Crippen MR) is 55.7 cm³/mol. The first kappa shape index (κ1) is 10.5. The van der Waals surface area contributed by atoms with E-state index in [9.17, 15) is 0 Å². The summed E-state index contributed by atoms with van der Waals surface area (Å²) in [6.07, 6.45) is 0. The van der Waals surface area contributed by atoms with Gasteiger partial charge in [-0.05, 0) is 22.0 Å². The van der Waals surface area contributed by atoms with Crippen molar-refractivity contribution in [1.82, 2.24) is 0 Å². The summed E-state index contributed by atoms with van der Waals surface area (Å²) in [5.74, 6) is 0.395. The Labute approximate surface area is 93.7 Å². The molecule has 66 valence electrons. The normalized spacial score (nSPS) is 10.1. The first-order valence-electron chi connectivity index (χ1n) is 2.95. The van der Waals surface area contributed by atoms with E-state index in [4.69, 9.17) is 39.5 Å². The van der Waals surface area contributed by atoms with Gasteiger partial charge in [0, 0.05) is 4.47 Å². The van der Waals surface area contributed by atoms with Crippen molar-refractivity contribution in [3.63, 3.8) is 0 Å². The van der Waals surface area contributed by atoms with E-state index in [0.29, 0.717) is 25.3 Å². The third-order valence-electron chi connectivity index (χ3n) is 1.28. The van der Waals surface area contributed by atoms with Crippen LogP contribution in [0.25, 0.3) is 0 Å². The summed E-state index contributed by atoms with van der Waals surface area (Å²) in [7, 11) is 1.48. The van der Waals surface area contributed by atoms with E-state index in [1.165, 1.54) is 7.11 Å². The Morgan fingerprint density at radius 3 is 2.33 bits per heavy atom. The molecule has 0 N–H and O–H groups in total. The lowest BCUT2D eigenvalue weighted by Crippen LogP contribution is -1.86. The third kappa shape index (κ3) is 1.82. The van der Waals surface area contributed by atoms with E-state index in [1.807, 2.05) is 0 Å².